The molecule has 0 aliphatic rings. The summed E-state index contributed by atoms with van der Waals surface area (Å²) in [5, 5.41) is 1.12. The van der Waals surface area contributed by atoms with Gasteiger partial charge in [-0.05, 0) is 31.0 Å². The van der Waals surface area contributed by atoms with E-state index in [4.69, 9.17) is 0 Å². The zero-order valence-corrected chi connectivity index (χ0v) is 8.24. The summed E-state index contributed by atoms with van der Waals surface area (Å²) in [6.45, 7) is 4.00. The fourth-order valence-corrected chi connectivity index (χ4v) is 1.65. The van der Waals surface area contributed by atoms with Crippen LogP contribution in [-0.2, 0) is 0 Å². The third kappa shape index (κ3) is 1.29. The van der Waals surface area contributed by atoms with Crippen molar-refractivity contribution in [3.8, 4) is 0 Å². The van der Waals surface area contributed by atoms with E-state index in [1.54, 1.807) is 0 Å². The average molecular weight is 185 g/mol. The van der Waals surface area contributed by atoms with Crippen molar-refractivity contribution in [3.63, 3.8) is 0 Å². The van der Waals surface area contributed by atoms with Crippen molar-refractivity contribution >= 4 is 17.2 Å². The number of aromatic nitrogens is 1. The minimum atomic E-state index is 0.504. The molecule has 0 N–H and O–H groups in total. The number of nitrogens with zero attached hydrogens (tertiary/aromatic N) is 1. The molecule has 1 aromatic heterocycles. The molecule has 2 aromatic rings. The summed E-state index contributed by atoms with van der Waals surface area (Å²) in [7, 11) is 0. The van der Waals surface area contributed by atoms with Crippen molar-refractivity contribution in [2.75, 3.05) is 0 Å². The quantitative estimate of drug-likeness (QED) is 0.639. The second-order valence-corrected chi connectivity index (χ2v) is 3.45. The van der Waals surface area contributed by atoms with Gasteiger partial charge in [0, 0.05) is 5.39 Å². The first-order valence-electron chi connectivity index (χ1n) is 4.54. The number of carbonyl (C=O) groups is 1. The number of carbonyl (C=O) groups excluding carboxylic acids is 1. The highest BCUT2D eigenvalue weighted by Crippen LogP contribution is 2.19. The molecule has 0 unspecified atom stereocenters. The molecule has 0 bridgehead atoms. The second kappa shape index (κ2) is 3.22. The van der Waals surface area contributed by atoms with E-state index in [0.29, 0.717) is 5.69 Å². The lowest BCUT2D eigenvalue weighted by atomic mass is 10.1. The molecule has 0 saturated carbocycles. The zero-order valence-electron chi connectivity index (χ0n) is 8.24. The lowest BCUT2D eigenvalue weighted by Crippen LogP contribution is -1.92. The van der Waals surface area contributed by atoms with Gasteiger partial charge in [-0.15, -0.1) is 0 Å². The lowest BCUT2D eigenvalue weighted by molar-refractivity contribution is 0.111. The maximum atomic E-state index is 10.7. The van der Waals surface area contributed by atoms with E-state index >= 15 is 0 Å². The van der Waals surface area contributed by atoms with Crippen molar-refractivity contribution in [2.24, 2.45) is 0 Å². The van der Waals surface area contributed by atoms with E-state index in [2.05, 4.69) is 4.98 Å². The Kier molecular flexibility index (Phi) is 2.04. The summed E-state index contributed by atoms with van der Waals surface area (Å²) in [5.41, 5.74) is 3.63. The van der Waals surface area contributed by atoms with Crippen LogP contribution in [0.25, 0.3) is 10.9 Å². The number of rotatable bonds is 1. The van der Waals surface area contributed by atoms with E-state index in [1.807, 2.05) is 38.1 Å². The Labute approximate surface area is 82.6 Å². The molecule has 2 heteroatoms. The Bertz CT molecular complexity index is 503. The SMILES string of the molecule is Cc1cc(C=O)nc2c(C)cccc12. The van der Waals surface area contributed by atoms with Gasteiger partial charge in [-0.1, -0.05) is 18.2 Å². The molecule has 2 rings (SSSR count). The molecule has 0 saturated heterocycles. The fourth-order valence-electron chi connectivity index (χ4n) is 1.65. The Balaban J connectivity index is 2.90. The Hall–Kier alpha value is -1.70. The number of pyridine rings is 1. The monoisotopic (exact) mass is 185 g/mol. The molecule has 0 fully saturated rings. The third-order valence-corrected chi connectivity index (χ3v) is 2.39. The van der Waals surface area contributed by atoms with E-state index in [0.717, 1.165) is 28.3 Å². The van der Waals surface area contributed by atoms with Crippen LogP contribution in [-0.4, -0.2) is 11.3 Å². The largest absolute Gasteiger partial charge is 0.296 e. The van der Waals surface area contributed by atoms with Gasteiger partial charge in [0.25, 0.3) is 0 Å². The normalized spacial score (nSPS) is 10.4. The Morgan fingerprint density at radius 2 is 2.00 bits per heavy atom. The van der Waals surface area contributed by atoms with Gasteiger partial charge in [0.05, 0.1) is 5.52 Å². The Morgan fingerprint density at radius 1 is 1.21 bits per heavy atom. The van der Waals surface area contributed by atoms with Gasteiger partial charge in [-0.2, -0.15) is 0 Å². The molecule has 0 aliphatic carbocycles. The number of hydrogen-bond acceptors (Lipinski definition) is 2. The predicted octanol–water partition coefficient (Wildman–Crippen LogP) is 2.66. The van der Waals surface area contributed by atoms with Crippen LogP contribution in [0, 0.1) is 13.8 Å². The fraction of sp³-hybridized carbons (Fsp3) is 0.167. The number of para-hydroxylation sites is 1. The summed E-state index contributed by atoms with van der Waals surface area (Å²) in [5.74, 6) is 0. The van der Waals surface area contributed by atoms with Crippen molar-refractivity contribution in [2.45, 2.75) is 13.8 Å². The van der Waals surface area contributed by atoms with Crippen LogP contribution in [0.5, 0.6) is 0 Å². The molecule has 0 amide bonds. The maximum Gasteiger partial charge on any atom is 0.168 e. The highest BCUT2D eigenvalue weighted by molar-refractivity contribution is 5.88. The maximum absolute atomic E-state index is 10.7. The van der Waals surface area contributed by atoms with Crippen LogP contribution in [0.3, 0.4) is 0 Å². The molecular weight excluding hydrogens is 174 g/mol. The Morgan fingerprint density at radius 3 is 2.71 bits per heavy atom. The van der Waals surface area contributed by atoms with Crippen molar-refractivity contribution in [3.05, 3.63) is 41.1 Å². The molecule has 1 heterocycles. The summed E-state index contributed by atoms with van der Waals surface area (Å²) in [6.07, 6.45) is 0.791. The highest BCUT2D eigenvalue weighted by atomic mass is 16.1. The standard InChI is InChI=1S/C12H11NO/c1-8-4-3-5-11-9(2)6-10(7-14)13-12(8)11/h3-7H,1-2H3. The van der Waals surface area contributed by atoms with Gasteiger partial charge in [0.1, 0.15) is 5.69 Å². The number of hydrogen-bond donors (Lipinski definition) is 0. The minimum Gasteiger partial charge on any atom is -0.296 e. The van der Waals surface area contributed by atoms with Crippen LogP contribution in [0.4, 0.5) is 0 Å². The van der Waals surface area contributed by atoms with Crippen molar-refractivity contribution in [1.82, 2.24) is 4.98 Å². The summed E-state index contributed by atoms with van der Waals surface area (Å²) in [4.78, 5) is 14.9. The van der Waals surface area contributed by atoms with E-state index in [9.17, 15) is 4.79 Å². The first kappa shape index (κ1) is 8.88. The zero-order chi connectivity index (χ0) is 10.1. The summed E-state index contributed by atoms with van der Waals surface area (Å²) in [6, 6.07) is 7.85. The topological polar surface area (TPSA) is 30.0 Å². The molecule has 14 heavy (non-hydrogen) atoms. The molecule has 0 atom stereocenters. The molecule has 0 spiro atoms. The number of fused-ring (bicyclic) bond motifs is 1. The number of aryl methyl sites for hydroxylation is 2. The van der Waals surface area contributed by atoms with Crippen molar-refractivity contribution < 1.29 is 4.79 Å². The molecule has 0 radical (unpaired) electrons. The van der Waals surface area contributed by atoms with Crippen LogP contribution < -0.4 is 0 Å². The predicted molar refractivity (Wildman–Crippen MR) is 56.6 cm³/mol. The first-order valence-corrected chi connectivity index (χ1v) is 4.54. The van der Waals surface area contributed by atoms with E-state index in [-0.39, 0.29) is 0 Å². The van der Waals surface area contributed by atoms with Crippen LogP contribution >= 0.6 is 0 Å². The molecule has 70 valence electrons. The van der Waals surface area contributed by atoms with Crippen LogP contribution in [0.15, 0.2) is 24.3 Å². The molecule has 2 nitrogen and oxygen atoms in total. The summed E-state index contributed by atoms with van der Waals surface area (Å²) < 4.78 is 0. The van der Waals surface area contributed by atoms with Gasteiger partial charge < -0.3 is 0 Å². The second-order valence-electron chi connectivity index (χ2n) is 3.45. The van der Waals surface area contributed by atoms with Crippen LogP contribution in [0.2, 0.25) is 0 Å². The van der Waals surface area contributed by atoms with Crippen LogP contribution in [0.1, 0.15) is 21.6 Å². The lowest BCUT2D eigenvalue weighted by Gasteiger charge is -2.04. The van der Waals surface area contributed by atoms with Gasteiger partial charge in [-0.3, -0.25) is 4.79 Å². The minimum absolute atomic E-state index is 0.504. The third-order valence-electron chi connectivity index (χ3n) is 2.39. The first-order chi connectivity index (χ1) is 6.72. The number of aldehydes is 1. The van der Waals surface area contributed by atoms with E-state index in [1.165, 1.54) is 0 Å². The molecular formula is C12H11NO. The van der Waals surface area contributed by atoms with Gasteiger partial charge in [0.15, 0.2) is 6.29 Å². The molecule has 1 aromatic carbocycles. The summed E-state index contributed by atoms with van der Waals surface area (Å²) >= 11 is 0. The van der Waals surface area contributed by atoms with Gasteiger partial charge in [0.2, 0.25) is 0 Å². The van der Waals surface area contributed by atoms with Gasteiger partial charge >= 0.3 is 0 Å². The molecule has 0 aliphatic heterocycles. The smallest absolute Gasteiger partial charge is 0.168 e. The van der Waals surface area contributed by atoms with E-state index < -0.39 is 0 Å². The van der Waals surface area contributed by atoms with Gasteiger partial charge in [-0.25, -0.2) is 4.98 Å². The highest BCUT2D eigenvalue weighted by Gasteiger charge is 2.03. The van der Waals surface area contributed by atoms with Crippen molar-refractivity contribution in [1.29, 1.82) is 0 Å². The number of benzene rings is 1. The average Bonchev–Trinajstić information content (AvgIpc) is 2.19.